The monoisotopic (exact) mass is 422 g/mol. The normalized spacial score (nSPS) is 30.3. The number of halogens is 3. The van der Waals surface area contributed by atoms with E-state index in [0.717, 1.165) is 32.2 Å². The maximum absolute atomic E-state index is 12.5. The molecule has 166 valence electrons. The average Bonchev–Trinajstić information content (AvgIpc) is 3.38. The number of hydrogen-bond acceptors (Lipinski definition) is 5. The van der Waals surface area contributed by atoms with Crippen LogP contribution in [0.25, 0.3) is 0 Å². The number of rotatable bonds is 4. The topological polar surface area (TPSA) is 79.3 Å². The predicted molar refractivity (Wildman–Crippen MR) is 96.2 cm³/mol. The van der Waals surface area contributed by atoms with Crippen LogP contribution in [0.5, 0.6) is 0 Å². The summed E-state index contributed by atoms with van der Waals surface area (Å²) < 4.78 is 42.9. The number of nitrogens with zero attached hydrogens (tertiary/aromatic N) is 2. The quantitative estimate of drug-likeness (QED) is 0.739. The Labute approximate surface area is 168 Å². The van der Waals surface area contributed by atoms with Crippen LogP contribution in [0, 0.1) is 23.7 Å². The lowest BCUT2D eigenvalue weighted by Crippen LogP contribution is -2.44. The first kappa shape index (κ1) is 22.3. The lowest BCUT2D eigenvalue weighted by Gasteiger charge is -2.35. The van der Waals surface area contributed by atoms with E-state index in [-0.39, 0.29) is 0 Å². The summed E-state index contributed by atoms with van der Waals surface area (Å²) in [7, 11) is 0. The number of morpholine rings is 1. The highest BCUT2D eigenvalue weighted by atomic mass is 19.4. The highest BCUT2D eigenvalue weighted by Gasteiger charge is 2.43. The maximum Gasteiger partial charge on any atom is 0.490 e. The number of carboxylic acids is 1. The molecule has 0 radical (unpaired) electrons. The van der Waals surface area contributed by atoms with Crippen molar-refractivity contribution in [3.8, 4) is 0 Å². The minimum Gasteiger partial charge on any atom is -0.475 e. The van der Waals surface area contributed by atoms with Gasteiger partial charge >= 0.3 is 12.1 Å². The van der Waals surface area contributed by atoms with Crippen molar-refractivity contribution in [1.82, 2.24) is 9.80 Å². The molecule has 0 bridgehead atoms. The number of amides is 1. The minimum absolute atomic E-state index is 0.304. The predicted octanol–water partition coefficient (Wildman–Crippen LogP) is 1.47. The highest BCUT2D eigenvalue weighted by Crippen LogP contribution is 2.38. The molecule has 1 aliphatic carbocycles. The van der Waals surface area contributed by atoms with Crippen LogP contribution in [-0.2, 0) is 19.1 Å². The smallest absolute Gasteiger partial charge is 0.475 e. The number of carboxylic acid groups (broad SMARTS) is 1. The minimum atomic E-state index is -5.08. The van der Waals surface area contributed by atoms with Gasteiger partial charge in [0.25, 0.3) is 0 Å². The third-order valence-corrected chi connectivity index (χ3v) is 6.09. The first-order chi connectivity index (χ1) is 13.7. The van der Waals surface area contributed by atoms with E-state index in [2.05, 4.69) is 4.90 Å². The molecule has 0 unspecified atom stereocenters. The van der Waals surface area contributed by atoms with Crippen LogP contribution < -0.4 is 0 Å². The van der Waals surface area contributed by atoms with Crippen molar-refractivity contribution in [2.75, 3.05) is 59.2 Å². The summed E-state index contributed by atoms with van der Waals surface area (Å²) in [6, 6.07) is 0. The Kier molecular flexibility index (Phi) is 7.39. The zero-order chi connectivity index (χ0) is 21.0. The largest absolute Gasteiger partial charge is 0.490 e. The molecule has 3 heterocycles. The number of hydrogen-bond donors (Lipinski definition) is 1. The Morgan fingerprint density at radius 3 is 2.28 bits per heavy atom. The molecule has 4 aliphatic rings. The molecule has 0 spiro atoms. The van der Waals surface area contributed by atoms with Crippen LogP contribution in [0.3, 0.4) is 0 Å². The fourth-order valence-electron chi connectivity index (χ4n) is 4.38. The fraction of sp³-hybridized carbons (Fsp3) is 0.895. The molecule has 4 fully saturated rings. The van der Waals surface area contributed by atoms with Gasteiger partial charge in [0.1, 0.15) is 0 Å². The molecule has 4 rings (SSSR count). The average molecular weight is 422 g/mol. The summed E-state index contributed by atoms with van der Waals surface area (Å²) in [6.07, 6.45) is -1.58. The standard InChI is InChI=1S/C17H28N2O3.C2HF3O2/c20-17(19-3-5-21-6-4-19)7-14-11-22-12-15-9-18(10-16(14)15)8-13-1-2-13;3-2(4,5)1(6)7/h13-16H,1-12H2;(H,6,7)/t14-,15-,16+;/m1./s1. The number of aliphatic carboxylic acids is 1. The van der Waals surface area contributed by atoms with E-state index in [4.69, 9.17) is 19.4 Å². The Morgan fingerprint density at radius 2 is 1.69 bits per heavy atom. The Morgan fingerprint density at radius 1 is 1.03 bits per heavy atom. The lowest BCUT2D eigenvalue weighted by molar-refractivity contribution is -0.192. The van der Waals surface area contributed by atoms with Crippen molar-refractivity contribution < 1.29 is 37.3 Å². The van der Waals surface area contributed by atoms with Gasteiger partial charge in [-0.1, -0.05) is 0 Å². The zero-order valence-electron chi connectivity index (χ0n) is 16.4. The Hall–Kier alpha value is -1.39. The summed E-state index contributed by atoms with van der Waals surface area (Å²) in [5, 5.41) is 7.12. The molecule has 3 saturated heterocycles. The van der Waals surface area contributed by atoms with Gasteiger partial charge in [-0.15, -0.1) is 0 Å². The third-order valence-electron chi connectivity index (χ3n) is 6.09. The van der Waals surface area contributed by atoms with Gasteiger partial charge in [0.15, 0.2) is 0 Å². The SMILES string of the molecule is O=C(C[C@@H]1COC[C@H]2CN(CC3CC3)C[C@@H]12)N1CCOCC1.O=C(O)C(F)(F)F. The van der Waals surface area contributed by atoms with Crippen molar-refractivity contribution in [2.24, 2.45) is 23.7 Å². The second kappa shape index (κ2) is 9.61. The molecule has 3 aliphatic heterocycles. The second-order valence-corrected chi connectivity index (χ2v) is 8.38. The number of fused-ring (bicyclic) bond motifs is 1. The van der Waals surface area contributed by atoms with Crippen LogP contribution >= 0.6 is 0 Å². The molecule has 1 amide bonds. The van der Waals surface area contributed by atoms with E-state index in [0.29, 0.717) is 43.3 Å². The van der Waals surface area contributed by atoms with Crippen molar-refractivity contribution >= 4 is 11.9 Å². The van der Waals surface area contributed by atoms with E-state index in [1.807, 2.05) is 4.90 Å². The molecule has 29 heavy (non-hydrogen) atoms. The summed E-state index contributed by atoms with van der Waals surface area (Å²) in [6.45, 7) is 8.21. The van der Waals surface area contributed by atoms with Gasteiger partial charge in [-0.3, -0.25) is 4.79 Å². The Bertz CT molecular complexity index is 579. The number of alkyl halides is 3. The number of carbonyl (C=O) groups excluding carboxylic acids is 1. The van der Waals surface area contributed by atoms with E-state index < -0.39 is 12.1 Å². The zero-order valence-corrected chi connectivity index (χ0v) is 16.4. The van der Waals surface area contributed by atoms with E-state index >= 15 is 0 Å². The molecule has 10 heteroatoms. The van der Waals surface area contributed by atoms with E-state index in [1.54, 1.807) is 0 Å². The second-order valence-electron chi connectivity index (χ2n) is 8.38. The summed E-state index contributed by atoms with van der Waals surface area (Å²) >= 11 is 0. The summed E-state index contributed by atoms with van der Waals surface area (Å²) in [4.78, 5) is 26.0. The number of ether oxygens (including phenoxy) is 2. The first-order valence-electron chi connectivity index (χ1n) is 10.2. The van der Waals surface area contributed by atoms with Crippen molar-refractivity contribution in [1.29, 1.82) is 0 Å². The molecule has 0 aromatic rings. The van der Waals surface area contributed by atoms with E-state index in [1.165, 1.54) is 32.5 Å². The van der Waals surface area contributed by atoms with Crippen LogP contribution in [0.1, 0.15) is 19.3 Å². The number of carbonyl (C=O) groups is 2. The fourth-order valence-corrected chi connectivity index (χ4v) is 4.38. The Balaban J connectivity index is 0.000000298. The summed E-state index contributed by atoms with van der Waals surface area (Å²) in [5.41, 5.74) is 0. The molecule has 1 N–H and O–H groups in total. The lowest BCUT2D eigenvalue weighted by atomic mass is 9.81. The van der Waals surface area contributed by atoms with Crippen molar-refractivity contribution in [3.63, 3.8) is 0 Å². The van der Waals surface area contributed by atoms with Crippen LogP contribution in [-0.4, -0.2) is 92.1 Å². The van der Waals surface area contributed by atoms with E-state index in [9.17, 15) is 18.0 Å². The molecule has 1 saturated carbocycles. The highest BCUT2D eigenvalue weighted by molar-refractivity contribution is 5.76. The van der Waals surface area contributed by atoms with Crippen LogP contribution in [0.4, 0.5) is 13.2 Å². The molecule has 7 nitrogen and oxygen atoms in total. The van der Waals surface area contributed by atoms with Crippen LogP contribution in [0.2, 0.25) is 0 Å². The number of likely N-dealkylation sites (tertiary alicyclic amines) is 1. The molecular weight excluding hydrogens is 393 g/mol. The van der Waals surface area contributed by atoms with Gasteiger partial charge in [0, 0.05) is 39.1 Å². The van der Waals surface area contributed by atoms with Crippen molar-refractivity contribution in [3.05, 3.63) is 0 Å². The maximum atomic E-state index is 12.5. The van der Waals surface area contributed by atoms with Gasteiger partial charge < -0.3 is 24.4 Å². The van der Waals surface area contributed by atoms with Gasteiger partial charge in [0.05, 0.1) is 26.4 Å². The van der Waals surface area contributed by atoms with Crippen molar-refractivity contribution in [2.45, 2.75) is 25.4 Å². The molecular formula is C19H29F3N2O5. The van der Waals surface area contributed by atoms with Crippen LogP contribution in [0.15, 0.2) is 0 Å². The molecule has 0 aromatic heterocycles. The first-order valence-corrected chi connectivity index (χ1v) is 10.2. The third kappa shape index (κ3) is 6.55. The van der Waals surface area contributed by atoms with Gasteiger partial charge in [-0.2, -0.15) is 13.2 Å². The summed E-state index contributed by atoms with van der Waals surface area (Å²) in [5.74, 6) is 0.228. The van der Waals surface area contributed by atoms with Gasteiger partial charge in [-0.25, -0.2) is 4.79 Å². The van der Waals surface area contributed by atoms with Gasteiger partial charge in [-0.05, 0) is 36.5 Å². The molecule has 3 atom stereocenters. The molecule has 0 aromatic carbocycles. The van der Waals surface area contributed by atoms with Gasteiger partial charge in [0.2, 0.25) is 5.91 Å².